The van der Waals surface area contributed by atoms with Crippen LogP contribution in [0.1, 0.15) is 0 Å². The van der Waals surface area contributed by atoms with E-state index in [1.165, 1.54) is 11.3 Å². The van der Waals surface area contributed by atoms with Gasteiger partial charge in [0.15, 0.2) is 0 Å². The Labute approximate surface area is 151 Å². The van der Waals surface area contributed by atoms with Crippen LogP contribution >= 0.6 is 34.5 Å². The van der Waals surface area contributed by atoms with Crippen molar-refractivity contribution in [2.45, 2.75) is 0 Å². The second kappa shape index (κ2) is 6.06. The maximum Gasteiger partial charge on any atom is 0.259 e. The van der Waals surface area contributed by atoms with Crippen molar-refractivity contribution in [2.75, 3.05) is 0 Å². The van der Waals surface area contributed by atoms with E-state index in [1.807, 2.05) is 36.4 Å². The highest BCUT2D eigenvalue weighted by Crippen LogP contribution is 2.33. The van der Waals surface area contributed by atoms with Gasteiger partial charge < -0.3 is 4.98 Å². The number of fused-ring (bicyclic) bond motifs is 1. The van der Waals surface area contributed by atoms with E-state index in [2.05, 4.69) is 9.97 Å². The number of thiophene rings is 1. The van der Waals surface area contributed by atoms with E-state index < -0.39 is 0 Å². The van der Waals surface area contributed by atoms with E-state index in [1.54, 1.807) is 18.2 Å². The van der Waals surface area contributed by atoms with Crippen molar-refractivity contribution in [1.29, 1.82) is 0 Å². The first-order chi connectivity index (χ1) is 11.6. The summed E-state index contributed by atoms with van der Waals surface area (Å²) in [5.74, 6) is 0.440. The summed E-state index contributed by atoms with van der Waals surface area (Å²) in [4.78, 5) is 21.5. The zero-order valence-electron chi connectivity index (χ0n) is 12.2. The molecule has 0 saturated carbocycles. The largest absolute Gasteiger partial charge is 0.306 e. The van der Waals surface area contributed by atoms with Crippen molar-refractivity contribution in [3.63, 3.8) is 0 Å². The van der Waals surface area contributed by atoms with Gasteiger partial charge in [-0.3, -0.25) is 4.79 Å². The number of aromatic amines is 1. The van der Waals surface area contributed by atoms with Gasteiger partial charge in [0, 0.05) is 15.5 Å². The van der Waals surface area contributed by atoms with Crippen LogP contribution in [0, 0.1) is 0 Å². The molecule has 4 aromatic rings. The zero-order valence-corrected chi connectivity index (χ0v) is 14.5. The van der Waals surface area contributed by atoms with Crippen LogP contribution in [0.15, 0.2) is 59.4 Å². The smallest absolute Gasteiger partial charge is 0.259 e. The van der Waals surface area contributed by atoms with Gasteiger partial charge in [-0.1, -0.05) is 53.5 Å². The summed E-state index contributed by atoms with van der Waals surface area (Å²) in [6.45, 7) is 0. The Morgan fingerprint density at radius 2 is 1.79 bits per heavy atom. The van der Waals surface area contributed by atoms with Gasteiger partial charge >= 0.3 is 0 Å². The maximum atomic E-state index is 12.4. The first kappa shape index (κ1) is 15.4. The highest BCUT2D eigenvalue weighted by atomic mass is 35.5. The highest BCUT2D eigenvalue weighted by molar-refractivity contribution is 7.21. The minimum atomic E-state index is -0.181. The number of aromatic nitrogens is 2. The SMILES string of the molecule is O=c1[nH]c(-c2ccc(Cl)cc2Cl)nc2sc(-c3ccccc3)cc12. The quantitative estimate of drug-likeness (QED) is 0.495. The standard InChI is InChI=1S/C18H10Cl2N2OS/c19-11-6-7-12(14(20)8-11)16-21-17(23)13-9-15(24-18(13)22-16)10-4-2-1-3-5-10/h1-9H,(H,21,22,23). The van der Waals surface area contributed by atoms with Gasteiger partial charge in [0.1, 0.15) is 10.7 Å². The number of benzene rings is 2. The molecule has 1 N–H and O–H groups in total. The minimum absolute atomic E-state index is 0.181. The fourth-order valence-corrected chi connectivity index (χ4v) is 4.02. The third-order valence-electron chi connectivity index (χ3n) is 3.65. The number of halogens is 2. The molecule has 2 aromatic carbocycles. The molecule has 0 radical (unpaired) electrons. The Balaban J connectivity index is 1.90. The molecule has 0 aliphatic heterocycles. The second-order valence-corrected chi connectivity index (χ2v) is 7.11. The molecule has 0 fully saturated rings. The number of H-pyrrole nitrogens is 1. The topological polar surface area (TPSA) is 45.8 Å². The summed E-state index contributed by atoms with van der Waals surface area (Å²) in [5, 5.41) is 1.56. The molecule has 4 rings (SSSR count). The van der Waals surface area contributed by atoms with E-state index >= 15 is 0 Å². The van der Waals surface area contributed by atoms with E-state index in [9.17, 15) is 4.79 Å². The third kappa shape index (κ3) is 2.73. The highest BCUT2D eigenvalue weighted by Gasteiger charge is 2.13. The summed E-state index contributed by atoms with van der Waals surface area (Å²) < 4.78 is 0. The zero-order chi connectivity index (χ0) is 16.7. The Bertz CT molecular complexity index is 1100. The lowest BCUT2D eigenvalue weighted by molar-refractivity contribution is 1.19. The Kier molecular flexibility index (Phi) is 3.88. The number of nitrogens with one attached hydrogen (secondary N) is 1. The lowest BCUT2D eigenvalue weighted by Crippen LogP contribution is -2.08. The molecule has 2 aromatic heterocycles. The molecule has 0 bridgehead atoms. The molecule has 0 aliphatic carbocycles. The van der Waals surface area contributed by atoms with Crippen LogP contribution in [0.4, 0.5) is 0 Å². The monoisotopic (exact) mass is 372 g/mol. The van der Waals surface area contributed by atoms with Crippen LogP contribution in [-0.2, 0) is 0 Å². The first-order valence-corrected chi connectivity index (χ1v) is 8.74. The van der Waals surface area contributed by atoms with Gasteiger partial charge in [0.2, 0.25) is 0 Å². The van der Waals surface area contributed by atoms with Gasteiger partial charge in [-0.05, 0) is 29.8 Å². The first-order valence-electron chi connectivity index (χ1n) is 7.16. The fraction of sp³-hybridized carbons (Fsp3) is 0. The third-order valence-corrected chi connectivity index (χ3v) is 5.27. The molecule has 0 saturated heterocycles. The average molecular weight is 373 g/mol. The van der Waals surface area contributed by atoms with Crippen molar-refractivity contribution in [1.82, 2.24) is 9.97 Å². The van der Waals surface area contributed by atoms with Crippen LogP contribution in [0.2, 0.25) is 10.0 Å². The van der Waals surface area contributed by atoms with Crippen molar-refractivity contribution in [3.8, 4) is 21.8 Å². The lowest BCUT2D eigenvalue weighted by Gasteiger charge is -2.03. The molecule has 0 unspecified atom stereocenters. The van der Waals surface area contributed by atoms with E-state index in [0.29, 0.717) is 31.6 Å². The van der Waals surface area contributed by atoms with Gasteiger partial charge in [-0.25, -0.2) is 4.98 Å². The van der Waals surface area contributed by atoms with Gasteiger partial charge in [-0.15, -0.1) is 11.3 Å². The van der Waals surface area contributed by atoms with Crippen LogP contribution in [0.3, 0.4) is 0 Å². The van der Waals surface area contributed by atoms with E-state index in [4.69, 9.17) is 23.2 Å². The molecule has 0 spiro atoms. The molecule has 0 atom stereocenters. The molecule has 2 heterocycles. The van der Waals surface area contributed by atoms with Crippen LogP contribution in [-0.4, -0.2) is 9.97 Å². The number of nitrogens with zero attached hydrogens (tertiary/aromatic N) is 1. The molecule has 0 aliphatic rings. The number of rotatable bonds is 2. The van der Waals surface area contributed by atoms with Gasteiger partial charge in [0.25, 0.3) is 5.56 Å². The van der Waals surface area contributed by atoms with E-state index in [0.717, 1.165) is 10.4 Å². The predicted octanol–water partition coefficient (Wildman–Crippen LogP) is 5.63. The fourth-order valence-electron chi connectivity index (χ4n) is 2.49. The molecule has 0 amide bonds. The molecular weight excluding hydrogens is 363 g/mol. The summed E-state index contributed by atoms with van der Waals surface area (Å²) in [7, 11) is 0. The number of hydrogen-bond acceptors (Lipinski definition) is 3. The van der Waals surface area contributed by atoms with E-state index in [-0.39, 0.29) is 5.56 Å². The molecule has 24 heavy (non-hydrogen) atoms. The van der Waals surface area contributed by atoms with Gasteiger partial charge in [-0.2, -0.15) is 0 Å². The maximum absolute atomic E-state index is 12.4. The van der Waals surface area contributed by atoms with Crippen molar-refractivity contribution in [2.24, 2.45) is 0 Å². The van der Waals surface area contributed by atoms with Gasteiger partial charge in [0.05, 0.1) is 10.4 Å². The summed E-state index contributed by atoms with van der Waals surface area (Å²) in [6.07, 6.45) is 0. The Morgan fingerprint density at radius 1 is 1.00 bits per heavy atom. The predicted molar refractivity (Wildman–Crippen MR) is 101 cm³/mol. The number of hydrogen-bond donors (Lipinski definition) is 1. The summed E-state index contributed by atoms with van der Waals surface area (Å²) in [6, 6.07) is 16.9. The molecule has 6 heteroatoms. The van der Waals surface area contributed by atoms with Crippen molar-refractivity contribution >= 4 is 44.8 Å². The molecular formula is C18H10Cl2N2OS. The van der Waals surface area contributed by atoms with Crippen molar-refractivity contribution in [3.05, 3.63) is 75.0 Å². The minimum Gasteiger partial charge on any atom is -0.306 e. The Hall–Kier alpha value is -2.14. The Morgan fingerprint density at radius 3 is 2.54 bits per heavy atom. The van der Waals surface area contributed by atoms with Crippen LogP contribution in [0.25, 0.3) is 32.0 Å². The van der Waals surface area contributed by atoms with Crippen molar-refractivity contribution < 1.29 is 0 Å². The molecule has 3 nitrogen and oxygen atoms in total. The van der Waals surface area contributed by atoms with Crippen LogP contribution in [0.5, 0.6) is 0 Å². The second-order valence-electron chi connectivity index (χ2n) is 5.23. The lowest BCUT2D eigenvalue weighted by atomic mass is 10.2. The average Bonchev–Trinajstić information content (AvgIpc) is 3.00. The molecule has 118 valence electrons. The van der Waals surface area contributed by atoms with Crippen LogP contribution < -0.4 is 5.56 Å². The normalized spacial score (nSPS) is 11.1. The summed E-state index contributed by atoms with van der Waals surface area (Å²) >= 11 is 13.6. The summed E-state index contributed by atoms with van der Waals surface area (Å²) in [5.41, 5.74) is 1.53.